The van der Waals surface area contributed by atoms with E-state index in [0.29, 0.717) is 5.25 Å². The van der Waals surface area contributed by atoms with E-state index in [0.717, 1.165) is 31.7 Å². The summed E-state index contributed by atoms with van der Waals surface area (Å²) in [6.45, 7) is 0. The topological polar surface area (TPSA) is 46.2 Å². The first-order valence-electron chi connectivity index (χ1n) is 6.44. The summed E-state index contributed by atoms with van der Waals surface area (Å²) in [5.41, 5.74) is 0. The van der Waals surface area contributed by atoms with Gasteiger partial charge in [0.05, 0.1) is 9.37 Å². The second-order valence-electron chi connectivity index (χ2n) is 4.86. The van der Waals surface area contributed by atoms with Crippen LogP contribution in [0.2, 0.25) is 0 Å². The zero-order chi connectivity index (χ0) is 14.8. The summed E-state index contributed by atoms with van der Waals surface area (Å²) in [5.74, 6) is -0.571. The van der Waals surface area contributed by atoms with Crippen molar-refractivity contribution in [1.29, 1.82) is 0 Å². The van der Waals surface area contributed by atoms with Crippen LogP contribution in [-0.2, 0) is 10.0 Å². The summed E-state index contributed by atoms with van der Waals surface area (Å²) in [7, 11) is -3.67. The number of halogens is 2. The molecule has 0 saturated heterocycles. The third-order valence-corrected chi connectivity index (χ3v) is 6.81. The molecule has 0 radical (unpaired) electrons. The van der Waals surface area contributed by atoms with E-state index in [1.165, 1.54) is 12.1 Å². The van der Waals surface area contributed by atoms with Gasteiger partial charge in [-0.3, -0.25) is 0 Å². The van der Waals surface area contributed by atoms with E-state index in [1.54, 1.807) is 11.8 Å². The van der Waals surface area contributed by atoms with Crippen molar-refractivity contribution in [1.82, 2.24) is 4.72 Å². The summed E-state index contributed by atoms with van der Waals surface area (Å²) in [4.78, 5) is -0.0244. The van der Waals surface area contributed by atoms with E-state index < -0.39 is 15.8 Å². The molecule has 7 heteroatoms. The SMILES string of the molecule is CSC1CCCCC1NS(=O)(=O)c1ccc(Br)c(F)c1. The number of nitrogens with one attached hydrogen (secondary N) is 1. The molecule has 1 aromatic carbocycles. The molecule has 1 aromatic rings. The van der Waals surface area contributed by atoms with Crippen LogP contribution in [0.3, 0.4) is 0 Å². The molecule has 1 N–H and O–H groups in total. The van der Waals surface area contributed by atoms with Crippen molar-refractivity contribution in [2.75, 3.05) is 6.26 Å². The van der Waals surface area contributed by atoms with E-state index in [4.69, 9.17) is 0 Å². The molecule has 0 amide bonds. The Balaban J connectivity index is 2.19. The van der Waals surface area contributed by atoms with Gasteiger partial charge in [0.15, 0.2) is 0 Å². The summed E-state index contributed by atoms with van der Waals surface area (Å²) in [5, 5.41) is 0.291. The van der Waals surface area contributed by atoms with Crippen LogP contribution in [0, 0.1) is 5.82 Å². The summed E-state index contributed by atoms with van der Waals surface area (Å²) in [6, 6.07) is 3.79. The van der Waals surface area contributed by atoms with Crippen molar-refractivity contribution in [3.63, 3.8) is 0 Å². The Hall–Kier alpha value is -0.110. The summed E-state index contributed by atoms with van der Waals surface area (Å²) >= 11 is 4.71. The van der Waals surface area contributed by atoms with Crippen LogP contribution in [0.4, 0.5) is 4.39 Å². The fourth-order valence-electron chi connectivity index (χ4n) is 2.43. The highest BCUT2D eigenvalue weighted by Gasteiger charge is 2.29. The van der Waals surface area contributed by atoms with Gasteiger partial charge in [0.1, 0.15) is 5.82 Å². The van der Waals surface area contributed by atoms with Gasteiger partial charge in [-0.25, -0.2) is 17.5 Å². The van der Waals surface area contributed by atoms with Crippen LogP contribution in [0.15, 0.2) is 27.6 Å². The van der Waals surface area contributed by atoms with Gasteiger partial charge in [0.25, 0.3) is 0 Å². The largest absolute Gasteiger partial charge is 0.240 e. The van der Waals surface area contributed by atoms with Crippen molar-refractivity contribution in [2.45, 2.75) is 41.9 Å². The molecule has 0 aromatic heterocycles. The van der Waals surface area contributed by atoms with Crippen LogP contribution >= 0.6 is 27.7 Å². The minimum Gasteiger partial charge on any atom is -0.207 e. The summed E-state index contributed by atoms with van der Waals surface area (Å²) in [6.07, 6.45) is 6.01. The minimum atomic E-state index is -3.67. The Morgan fingerprint density at radius 1 is 1.35 bits per heavy atom. The van der Waals surface area contributed by atoms with Crippen molar-refractivity contribution >= 4 is 37.7 Å². The lowest BCUT2D eigenvalue weighted by atomic mass is 9.96. The highest BCUT2D eigenvalue weighted by molar-refractivity contribution is 9.10. The third kappa shape index (κ3) is 3.75. The maximum Gasteiger partial charge on any atom is 0.240 e. The number of benzene rings is 1. The average Bonchev–Trinajstić information content (AvgIpc) is 2.42. The van der Waals surface area contributed by atoms with Crippen molar-refractivity contribution in [3.05, 3.63) is 28.5 Å². The van der Waals surface area contributed by atoms with Crippen LogP contribution in [0.5, 0.6) is 0 Å². The second-order valence-corrected chi connectivity index (χ2v) is 8.51. The molecule has 0 aliphatic heterocycles. The van der Waals surface area contributed by atoms with Gasteiger partial charge in [-0.15, -0.1) is 0 Å². The van der Waals surface area contributed by atoms with E-state index >= 15 is 0 Å². The molecule has 3 nitrogen and oxygen atoms in total. The Labute approximate surface area is 131 Å². The Bertz CT molecular complexity index is 580. The van der Waals surface area contributed by atoms with Crippen LogP contribution in [-0.4, -0.2) is 26.0 Å². The Kier molecular flexibility index (Phi) is 5.50. The number of hydrogen-bond donors (Lipinski definition) is 1. The molecule has 2 atom stereocenters. The maximum atomic E-state index is 13.5. The molecule has 112 valence electrons. The number of sulfonamides is 1. The average molecular weight is 382 g/mol. The normalized spacial score (nSPS) is 23.8. The van der Waals surface area contributed by atoms with Gasteiger partial charge in [0, 0.05) is 11.3 Å². The van der Waals surface area contributed by atoms with E-state index in [9.17, 15) is 12.8 Å². The Morgan fingerprint density at radius 2 is 2.05 bits per heavy atom. The molecule has 2 unspecified atom stereocenters. The molecule has 1 saturated carbocycles. The zero-order valence-corrected chi connectivity index (χ0v) is 14.3. The molecule has 0 heterocycles. The molecule has 1 fully saturated rings. The van der Waals surface area contributed by atoms with Gasteiger partial charge in [-0.2, -0.15) is 11.8 Å². The van der Waals surface area contributed by atoms with E-state index in [-0.39, 0.29) is 15.4 Å². The highest BCUT2D eigenvalue weighted by Crippen LogP contribution is 2.28. The highest BCUT2D eigenvalue weighted by atomic mass is 79.9. The van der Waals surface area contributed by atoms with Gasteiger partial charge in [-0.1, -0.05) is 12.8 Å². The molecule has 1 aliphatic rings. The lowest BCUT2D eigenvalue weighted by Crippen LogP contribution is -2.43. The first kappa shape index (κ1) is 16.3. The van der Waals surface area contributed by atoms with Crippen molar-refractivity contribution < 1.29 is 12.8 Å². The van der Waals surface area contributed by atoms with E-state index in [2.05, 4.69) is 20.7 Å². The quantitative estimate of drug-likeness (QED) is 0.867. The fourth-order valence-corrected chi connectivity index (χ4v) is 5.02. The Morgan fingerprint density at radius 3 is 2.70 bits per heavy atom. The van der Waals surface area contributed by atoms with Crippen LogP contribution in [0.25, 0.3) is 0 Å². The van der Waals surface area contributed by atoms with Crippen LogP contribution in [0.1, 0.15) is 25.7 Å². The van der Waals surface area contributed by atoms with Crippen LogP contribution < -0.4 is 4.72 Å². The number of hydrogen-bond acceptors (Lipinski definition) is 3. The first-order chi connectivity index (χ1) is 9.44. The van der Waals surface area contributed by atoms with Gasteiger partial charge in [-0.05, 0) is 53.2 Å². The number of rotatable bonds is 4. The lowest BCUT2D eigenvalue weighted by molar-refractivity contribution is 0.423. The van der Waals surface area contributed by atoms with Crippen molar-refractivity contribution in [3.8, 4) is 0 Å². The standard InChI is InChI=1S/C13H17BrFNO2S2/c1-19-13-5-3-2-4-12(13)16-20(17,18)9-6-7-10(14)11(15)8-9/h6-8,12-13,16H,2-5H2,1H3. The third-order valence-electron chi connectivity index (χ3n) is 3.51. The smallest absolute Gasteiger partial charge is 0.207 e. The predicted octanol–water partition coefficient (Wildman–Crippen LogP) is 3.54. The van der Waals surface area contributed by atoms with Gasteiger partial charge < -0.3 is 0 Å². The molecule has 0 bridgehead atoms. The molecule has 20 heavy (non-hydrogen) atoms. The monoisotopic (exact) mass is 381 g/mol. The molecule has 0 spiro atoms. The maximum absolute atomic E-state index is 13.5. The first-order valence-corrected chi connectivity index (χ1v) is 10.0. The lowest BCUT2D eigenvalue weighted by Gasteiger charge is -2.30. The zero-order valence-electron chi connectivity index (χ0n) is 11.1. The second kappa shape index (κ2) is 6.77. The van der Waals surface area contributed by atoms with Gasteiger partial charge in [0.2, 0.25) is 10.0 Å². The number of thioether (sulfide) groups is 1. The summed E-state index contributed by atoms with van der Waals surface area (Å²) < 4.78 is 41.1. The molecule has 2 rings (SSSR count). The molecule has 1 aliphatic carbocycles. The molecular weight excluding hydrogens is 365 g/mol. The van der Waals surface area contributed by atoms with Crippen molar-refractivity contribution in [2.24, 2.45) is 0 Å². The van der Waals surface area contributed by atoms with E-state index in [1.807, 2.05) is 6.26 Å². The molecular formula is C13H17BrFNO2S2. The minimum absolute atomic E-state index is 0.0244. The van der Waals surface area contributed by atoms with Gasteiger partial charge >= 0.3 is 0 Å². The predicted molar refractivity (Wildman–Crippen MR) is 84.0 cm³/mol. The fraction of sp³-hybridized carbons (Fsp3) is 0.538.